The van der Waals surface area contributed by atoms with E-state index in [0.29, 0.717) is 12.5 Å². The molecule has 88 valence electrons. The van der Waals surface area contributed by atoms with E-state index >= 15 is 0 Å². The van der Waals surface area contributed by atoms with Crippen LogP contribution < -0.4 is 0 Å². The zero-order valence-corrected chi connectivity index (χ0v) is 10.4. The van der Waals surface area contributed by atoms with Crippen molar-refractivity contribution in [2.45, 2.75) is 46.2 Å². The summed E-state index contributed by atoms with van der Waals surface area (Å²) in [7, 11) is 1.81. The standard InChI is InChI=1S/C11H22N2O2/c1-8(2)10-6-7-15-13(10)11(14)12(5)9(3)4/h8-10H,6-7H2,1-5H3. The van der Waals surface area contributed by atoms with E-state index in [1.807, 2.05) is 20.9 Å². The van der Waals surface area contributed by atoms with Gasteiger partial charge in [-0.05, 0) is 26.2 Å². The van der Waals surface area contributed by atoms with Crippen LogP contribution in [0.25, 0.3) is 0 Å². The molecule has 0 aromatic rings. The molecule has 1 atom stereocenters. The molecule has 15 heavy (non-hydrogen) atoms. The molecule has 1 heterocycles. The average molecular weight is 214 g/mol. The molecule has 1 aliphatic heterocycles. The number of hydrogen-bond donors (Lipinski definition) is 0. The highest BCUT2D eigenvalue weighted by atomic mass is 16.7. The normalized spacial score (nSPS) is 21.5. The van der Waals surface area contributed by atoms with Gasteiger partial charge < -0.3 is 4.90 Å². The molecule has 0 radical (unpaired) electrons. The highest BCUT2D eigenvalue weighted by Gasteiger charge is 2.34. The summed E-state index contributed by atoms with van der Waals surface area (Å²) < 4.78 is 0. The predicted octanol–water partition coefficient (Wildman–Crippen LogP) is 2.11. The Hall–Kier alpha value is -0.770. The summed E-state index contributed by atoms with van der Waals surface area (Å²) in [6.45, 7) is 8.89. The smallest absolute Gasteiger partial charge is 0.323 e. The monoisotopic (exact) mass is 214 g/mol. The summed E-state index contributed by atoms with van der Waals surface area (Å²) in [4.78, 5) is 19.1. The van der Waals surface area contributed by atoms with Crippen molar-refractivity contribution in [1.82, 2.24) is 9.96 Å². The number of amides is 2. The molecule has 4 heteroatoms. The lowest BCUT2D eigenvalue weighted by Crippen LogP contribution is -2.47. The minimum atomic E-state index is -0.0267. The molecule has 0 aromatic heterocycles. The Labute approximate surface area is 92.1 Å². The third-order valence-electron chi connectivity index (χ3n) is 2.98. The summed E-state index contributed by atoms with van der Waals surface area (Å²) in [5.41, 5.74) is 0. The molecule has 1 rings (SSSR count). The van der Waals surface area contributed by atoms with Crippen molar-refractivity contribution in [3.63, 3.8) is 0 Å². The maximum atomic E-state index is 12.0. The van der Waals surface area contributed by atoms with E-state index in [1.165, 1.54) is 0 Å². The van der Waals surface area contributed by atoms with Gasteiger partial charge in [-0.1, -0.05) is 13.8 Å². The number of carbonyl (C=O) groups excluding carboxylic acids is 1. The van der Waals surface area contributed by atoms with Gasteiger partial charge in [-0.2, -0.15) is 5.06 Å². The third kappa shape index (κ3) is 2.62. The zero-order valence-electron chi connectivity index (χ0n) is 10.4. The lowest BCUT2D eigenvalue weighted by Gasteiger charge is -2.31. The molecule has 0 spiro atoms. The molecule has 1 saturated heterocycles. The molecule has 4 nitrogen and oxygen atoms in total. The van der Waals surface area contributed by atoms with E-state index in [2.05, 4.69) is 13.8 Å². The van der Waals surface area contributed by atoms with Gasteiger partial charge in [-0.3, -0.25) is 4.84 Å². The minimum absolute atomic E-state index is 0.0267. The van der Waals surface area contributed by atoms with Crippen LogP contribution in [0.5, 0.6) is 0 Å². The van der Waals surface area contributed by atoms with Gasteiger partial charge in [0.25, 0.3) is 0 Å². The van der Waals surface area contributed by atoms with Crippen molar-refractivity contribution in [2.75, 3.05) is 13.7 Å². The van der Waals surface area contributed by atoms with Crippen LogP contribution in [0.2, 0.25) is 0 Å². The molecule has 0 saturated carbocycles. The number of hydroxylamine groups is 2. The Balaban J connectivity index is 2.66. The molecule has 1 fully saturated rings. The van der Waals surface area contributed by atoms with Crippen LogP contribution in [0.1, 0.15) is 34.1 Å². The molecule has 1 unspecified atom stereocenters. The van der Waals surface area contributed by atoms with Crippen molar-refractivity contribution in [2.24, 2.45) is 5.92 Å². The highest BCUT2D eigenvalue weighted by Crippen LogP contribution is 2.23. The van der Waals surface area contributed by atoms with E-state index in [1.54, 1.807) is 9.96 Å². The third-order valence-corrected chi connectivity index (χ3v) is 2.98. The van der Waals surface area contributed by atoms with Crippen LogP contribution in [0, 0.1) is 5.92 Å². The fourth-order valence-corrected chi connectivity index (χ4v) is 1.66. The summed E-state index contributed by atoms with van der Waals surface area (Å²) in [6.07, 6.45) is 0.940. The Bertz CT molecular complexity index is 229. The first-order valence-corrected chi connectivity index (χ1v) is 5.64. The van der Waals surface area contributed by atoms with Gasteiger partial charge >= 0.3 is 6.03 Å². The summed E-state index contributed by atoms with van der Waals surface area (Å²) in [6, 6.07) is 0.398. The molecular formula is C11H22N2O2. The molecule has 0 bridgehead atoms. The second-order valence-corrected chi connectivity index (χ2v) is 4.75. The van der Waals surface area contributed by atoms with Crippen molar-refractivity contribution in [3.05, 3.63) is 0 Å². The largest absolute Gasteiger partial charge is 0.344 e. The molecule has 1 aliphatic rings. The summed E-state index contributed by atoms with van der Waals surface area (Å²) >= 11 is 0. The lowest BCUT2D eigenvalue weighted by atomic mass is 10.0. The molecule has 0 aromatic carbocycles. The van der Waals surface area contributed by atoms with E-state index < -0.39 is 0 Å². The summed E-state index contributed by atoms with van der Waals surface area (Å²) in [5.74, 6) is 0.442. The predicted molar refractivity (Wildman–Crippen MR) is 59.3 cm³/mol. The van der Waals surface area contributed by atoms with Crippen LogP contribution in [0.4, 0.5) is 4.79 Å². The van der Waals surface area contributed by atoms with E-state index in [9.17, 15) is 4.79 Å². The molecule has 2 amide bonds. The fourth-order valence-electron chi connectivity index (χ4n) is 1.66. The first-order chi connectivity index (χ1) is 6.95. The maximum absolute atomic E-state index is 12.0. The Kier molecular flexibility index (Phi) is 3.97. The van der Waals surface area contributed by atoms with Crippen LogP contribution in [-0.2, 0) is 4.84 Å². The lowest BCUT2D eigenvalue weighted by molar-refractivity contribution is -0.104. The second kappa shape index (κ2) is 4.84. The van der Waals surface area contributed by atoms with E-state index in [-0.39, 0.29) is 18.1 Å². The zero-order chi connectivity index (χ0) is 11.6. The summed E-state index contributed by atoms with van der Waals surface area (Å²) in [5, 5.41) is 1.55. The Morgan fingerprint density at radius 1 is 1.40 bits per heavy atom. The number of nitrogens with zero attached hydrogens (tertiary/aromatic N) is 2. The maximum Gasteiger partial charge on any atom is 0.344 e. The van der Waals surface area contributed by atoms with Gasteiger partial charge in [-0.15, -0.1) is 0 Å². The molecular weight excluding hydrogens is 192 g/mol. The van der Waals surface area contributed by atoms with Gasteiger partial charge in [-0.25, -0.2) is 4.79 Å². The molecule has 0 N–H and O–H groups in total. The number of rotatable bonds is 2. The van der Waals surface area contributed by atoms with Gasteiger partial charge in [0.05, 0.1) is 12.6 Å². The van der Waals surface area contributed by atoms with Crippen LogP contribution >= 0.6 is 0 Å². The second-order valence-electron chi connectivity index (χ2n) is 4.75. The SMILES string of the molecule is CC(C)C1CCON1C(=O)N(C)C(C)C. The average Bonchev–Trinajstić information content (AvgIpc) is 2.63. The quantitative estimate of drug-likeness (QED) is 0.705. The minimum Gasteiger partial charge on any atom is -0.323 e. The van der Waals surface area contributed by atoms with Gasteiger partial charge in [0.1, 0.15) is 0 Å². The molecule has 0 aliphatic carbocycles. The van der Waals surface area contributed by atoms with Crippen molar-refractivity contribution in [3.8, 4) is 0 Å². The van der Waals surface area contributed by atoms with Gasteiger partial charge in [0.2, 0.25) is 0 Å². The fraction of sp³-hybridized carbons (Fsp3) is 0.909. The van der Waals surface area contributed by atoms with E-state index in [4.69, 9.17) is 4.84 Å². The first kappa shape index (κ1) is 12.3. The van der Waals surface area contributed by atoms with Gasteiger partial charge in [0, 0.05) is 13.1 Å². The first-order valence-electron chi connectivity index (χ1n) is 5.64. The topological polar surface area (TPSA) is 32.8 Å². The Morgan fingerprint density at radius 2 is 2.00 bits per heavy atom. The van der Waals surface area contributed by atoms with Crippen molar-refractivity contribution >= 4 is 6.03 Å². The number of urea groups is 1. The number of hydrogen-bond acceptors (Lipinski definition) is 2. The van der Waals surface area contributed by atoms with Crippen molar-refractivity contribution < 1.29 is 9.63 Å². The highest BCUT2D eigenvalue weighted by molar-refractivity contribution is 5.73. The van der Waals surface area contributed by atoms with Crippen molar-refractivity contribution in [1.29, 1.82) is 0 Å². The number of carbonyl (C=O) groups is 1. The van der Waals surface area contributed by atoms with Crippen LogP contribution in [-0.4, -0.2) is 41.7 Å². The van der Waals surface area contributed by atoms with E-state index in [0.717, 1.165) is 6.42 Å². The van der Waals surface area contributed by atoms with Crippen LogP contribution in [0.15, 0.2) is 0 Å². The van der Waals surface area contributed by atoms with Gasteiger partial charge in [0.15, 0.2) is 0 Å². The van der Waals surface area contributed by atoms with Crippen LogP contribution in [0.3, 0.4) is 0 Å². The Morgan fingerprint density at radius 3 is 2.47 bits per heavy atom.